The SMILES string of the molecule is O=CC(Cl)C(=O)[C@H](Cc1ccccc1)NC(=O)C1CCCCC1. The van der Waals surface area contributed by atoms with Gasteiger partial charge in [-0.3, -0.25) is 9.59 Å². The van der Waals surface area contributed by atoms with E-state index in [2.05, 4.69) is 5.32 Å². The molecule has 1 fully saturated rings. The highest BCUT2D eigenvalue weighted by Gasteiger charge is 2.29. The summed E-state index contributed by atoms with van der Waals surface area (Å²) in [6.07, 6.45) is 5.71. The zero-order chi connectivity index (χ0) is 16.7. The Kier molecular flexibility index (Phi) is 6.78. The molecule has 23 heavy (non-hydrogen) atoms. The Morgan fingerprint density at radius 2 is 1.83 bits per heavy atom. The van der Waals surface area contributed by atoms with Gasteiger partial charge in [-0.25, -0.2) is 0 Å². The average Bonchev–Trinajstić information content (AvgIpc) is 2.61. The molecule has 1 aromatic rings. The third-order valence-corrected chi connectivity index (χ3v) is 4.63. The minimum atomic E-state index is -1.23. The second-order valence-corrected chi connectivity index (χ2v) is 6.50. The molecule has 0 aliphatic heterocycles. The summed E-state index contributed by atoms with van der Waals surface area (Å²) in [5.41, 5.74) is 0.921. The minimum Gasteiger partial charge on any atom is -0.346 e. The van der Waals surface area contributed by atoms with Gasteiger partial charge in [-0.2, -0.15) is 0 Å². The van der Waals surface area contributed by atoms with Crippen molar-refractivity contribution >= 4 is 29.6 Å². The molecular formula is C18H22ClNO3. The van der Waals surface area contributed by atoms with Gasteiger partial charge in [0.2, 0.25) is 5.91 Å². The van der Waals surface area contributed by atoms with Gasteiger partial charge in [0.25, 0.3) is 0 Å². The lowest BCUT2D eigenvalue weighted by molar-refractivity contribution is -0.131. The van der Waals surface area contributed by atoms with E-state index in [-0.39, 0.29) is 11.8 Å². The number of halogens is 1. The molecule has 1 aromatic carbocycles. The van der Waals surface area contributed by atoms with Gasteiger partial charge in [-0.1, -0.05) is 49.6 Å². The monoisotopic (exact) mass is 335 g/mol. The number of amides is 1. The highest BCUT2D eigenvalue weighted by molar-refractivity contribution is 6.39. The first-order valence-electron chi connectivity index (χ1n) is 8.09. The first-order valence-corrected chi connectivity index (χ1v) is 8.53. The van der Waals surface area contributed by atoms with Gasteiger partial charge in [0.15, 0.2) is 5.78 Å². The van der Waals surface area contributed by atoms with Crippen LogP contribution in [0.3, 0.4) is 0 Å². The fraction of sp³-hybridized carbons (Fsp3) is 0.500. The van der Waals surface area contributed by atoms with Crippen LogP contribution in [0.5, 0.6) is 0 Å². The van der Waals surface area contributed by atoms with Crippen LogP contribution < -0.4 is 5.32 Å². The molecule has 0 radical (unpaired) electrons. The van der Waals surface area contributed by atoms with Gasteiger partial charge in [0.1, 0.15) is 11.7 Å². The molecule has 1 saturated carbocycles. The molecular weight excluding hydrogens is 314 g/mol. The molecule has 1 unspecified atom stereocenters. The molecule has 4 nitrogen and oxygen atoms in total. The lowest BCUT2D eigenvalue weighted by Crippen LogP contribution is -2.48. The summed E-state index contributed by atoms with van der Waals surface area (Å²) in [6, 6.07) is 8.64. The molecule has 1 amide bonds. The van der Waals surface area contributed by atoms with Crippen LogP contribution in [0, 0.1) is 5.92 Å². The smallest absolute Gasteiger partial charge is 0.223 e. The van der Waals surface area contributed by atoms with E-state index < -0.39 is 17.2 Å². The molecule has 2 rings (SSSR count). The van der Waals surface area contributed by atoms with Gasteiger partial charge in [0, 0.05) is 5.92 Å². The molecule has 2 atom stereocenters. The van der Waals surface area contributed by atoms with Crippen LogP contribution in [0.1, 0.15) is 37.7 Å². The van der Waals surface area contributed by atoms with Crippen molar-refractivity contribution < 1.29 is 14.4 Å². The lowest BCUT2D eigenvalue weighted by Gasteiger charge is -2.25. The fourth-order valence-electron chi connectivity index (χ4n) is 2.99. The predicted octanol–water partition coefficient (Wildman–Crippen LogP) is 2.67. The van der Waals surface area contributed by atoms with E-state index in [0.29, 0.717) is 12.7 Å². The molecule has 0 bridgehead atoms. The van der Waals surface area contributed by atoms with Crippen LogP contribution in [-0.4, -0.2) is 29.4 Å². The summed E-state index contributed by atoms with van der Waals surface area (Å²) in [4.78, 5) is 35.6. The van der Waals surface area contributed by atoms with Crippen molar-refractivity contribution in [2.24, 2.45) is 5.92 Å². The summed E-state index contributed by atoms with van der Waals surface area (Å²) in [6.45, 7) is 0. The van der Waals surface area contributed by atoms with E-state index in [0.717, 1.165) is 37.7 Å². The third kappa shape index (κ3) is 5.17. The third-order valence-electron chi connectivity index (χ3n) is 4.31. The Hall–Kier alpha value is -1.68. The van der Waals surface area contributed by atoms with Crippen molar-refractivity contribution in [2.45, 2.75) is 49.9 Å². The zero-order valence-corrected chi connectivity index (χ0v) is 13.8. The van der Waals surface area contributed by atoms with Crippen LogP contribution in [0.2, 0.25) is 0 Å². The van der Waals surface area contributed by atoms with Crippen LogP contribution in [0.4, 0.5) is 0 Å². The van der Waals surface area contributed by atoms with Crippen LogP contribution >= 0.6 is 11.6 Å². The first kappa shape index (κ1) is 17.7. The topological polar surface area (TPSA) is 63.2 Å². The summed E-state index contributed by atoms with van der Waals surface area (Å²) in [5.74, 6) is -0.594. The quantitative estimate of drug-likeness (QED) is 0.473. The number of rotatable bonds is 7. The Bertz CT molecular complexity index is 540. The van der Waals surface area contributed by atoms with Crippen molar-refractivity contribution in [1.82, 2.24) is 5.32 Å². The second-order valence-electron chi connectivity index (χ2n) is 6.03. The number of carbonyl (C=O) groups excluding carboxylic acids is 3. The van der Waals surface area contributed by atoms with Crippen LogP contribution in [-0.2, 0) is 20.8 Å². The van der Waals surface area contributed by atoms with Crippen molar-refractivity contribution in [3.8, 4) is 0 Å². The first-order chi connectivity index (χ1) is 11.1. The maximum absolute atomic E-state index is 12.4. The lowest BCUT2D eigenvalue weighted by atomic mass is 9.88. The van der Waals surface area contributed by atoms with E-state index in [1.165, 1.54) is 0 Å². The van der Waals surface area contributed by atoms with Crippen LogP contribution in [0.15, 0.2) is 30.3 Å². The van der Waals surface area contributed by atoms with Crippen molar-refractivity contribution in [2.75, 3.05) is 0 Å². The van der Waals surface area contributed by atoms with Crippen molar-refractivity contribution in [1.29, 1.82) is 0 Å². The number of ketones is 1. The molecule has 124 valence electrons. The summed E-state index contributed by atoms with van der Waals surface area (Å²) in [5, 5.41) is 1.59. The molecule has 1 N–H and O–H groups in total. The van der Waals surface area contributed by atoms with Gasteiger partial charge in [0.05, 0.1) is 6.04 Å². The molecule has 0 spiro atoms. The summed E-state index contributed by atoms with van der Waals surface area (Å²) < 4.78 is 0. The number of benzene rings is 1. The van der Waals surface area contributed by atoms with E-state index in [4.69, 9.17) is 11.6 Å². The van der Waals surface area contributed by atoms with Gasteiger partial charge >= 0.3 is 0 Å². The average molecular weight is 336 g/mol. The van der Waals surface area contributed by atoms with E-state index in [1.54, 1.807) is 0 Å². The van der Waals surface area contributed by atoms with Gasteiger partial charge in [-0.15, -0.1) is 11.6 Å². The van der Waals surface area contributed by atoms with Crippen molar-refractivity contribution in [3.63, 3.8) is 0 Å². The molecule has 0 saturated heterocycles. The van der Waals surface area contributed by atoms with Gasteiger partial charge < -0.3 is 10.1 Å². The maximum Gasteiger partial charge on any atom is 0.223 e. The minimum absolute atomic E-state index is 0.0418. The number of alkyl halides is 1. The molecule has 1 aliphatic carbocycles. The standard InChI is InChI=1S/C18H22ClNO3/c19-15(12-21)17(22)16(11-13-7-3-1-4-8-13)20-18(23)14-9-5-2-6-10-14/h1,3-4,7-8,12,14-16H,2,5-6,9-11H2,(H,20,23)/t15?,16-/m0/s1. The number of nitrogens with one attached hydrogen (secondary N) is 1. The maximum atomic E-state index is 12.4. The fourth-order valence-corrected chi connectivity index (χ4v) is 3.14. The zero-order valence-electron chi connectivity index (χ0n) is 13.0. The normalized spacial score (nSPS) is 18.0. The molecule has 0 aromatic heterocycles. The molecule has 1 aliphatic rings. The Balaban J connectivity index is 2.07. The molecule has 5 heteroatoms. The predicted molar refractivity (Wildman–Crippen MR) is 89.4 cm³/mol. The Labute approximate surface area is 141 Å². The molecule has 0 heterocycles. The number of Topliss-reactive ketones (excluding diaryl/α,β-unsaturated/α-hetero) is 1. The summed E-state index contributed by atoms with van der Waals surface area (Å²) in [7, 11) is 0. The van der Waals surface area contributed by atoms with Crippen LogP contribution in [0.25, 0.3) is 0 Å². The Morgan fingerprint density at radius 1 is 1.17 bits per heavy atom. The number of aldehydes is 1. The summed E-state index contributed by atoms with van der Waals surface area (Å²) >= 11 is 5.78. The highest BCUT2D eigenvalue weighted by Crippen LogP contribution is 2.24. The van der Waals surface area contributed by atoms with E-state index >= 15 is 0 Å². The van der Waals surface area contributed by atoms with E-state index in [9.17, 15) is 14.4 Å². The second kappa shape index (κ2) is 8.82. The number of hydrogen-bond acceptors (Lipinski definition) is 3. The number of hydrogen-bond donors (Lipinski definition) is 1. The largest absolute Gasteiger partial charge is 0.346 e. The Morgan fingerprint density at radius 3 is 2.43 bits per heavy atom. The van der Waals surface area contributed by atoms with Crippen molar-refractivity contribution in [3.05, 3.63) is 35.9 Å². The highest BCUT2D eigenvalue weighted by atomic mass is 35.5. The number of carbonyl (C=O) groups is 3. The van der Waals surface area contributed by atoms with E-state index in [1.807, 2.05) is 30.3 Å². The van der Waals surface area contributed by atoms with Gasteiger partial charge in [-0.05, 0) is 24.8 Å².